The normalized spacial score (nSPS) is 29.9. The van der Waals surface area contributed by atoms with E-state index in [-0.39, 0.29) is 12.0 Å². The van der Waals surface area contributed by atoms with Crippen LogP contribution in [0.15, 0.2) is 0 Å². The summed E-state index contributed by atoms with van der Waals surface area (Å²) in [7, 11) is 1.99. The highest BCUT2D eigenvalue weighted by Crippen LogP contribution is 2.27. The van der Waals surface area contributed by atoms with Crippen molar-refractivity contribution in [2.45, 2.75) is 25.4 Å². The van der Waals surface area contributed by atoms with Gasteiger partial charge in [0, 0.05) is 19.6 Å². The third-order valence-corrected chi connectivity index (χ3v) is 3.39. The van der Waals surface area contributed by atoms with Crippen LogP contribution in [-0.2, 0) is 4.79 Å². The van der Waals surface area contributed by atoms with Gasteiger partial charge in [-0.1, -0.05) is 0 Å². The van der Waals surface area contributed by atoms with Crippen LogP contribution in [0, 0.1) is 5.92 Å². The Morgan fingerprint density at radius 3 is 2.60 bits per heavy atom. The molecule has 0 bridgehead atoms. The van der Waals surface area contributed by atoms with Gasteiger partial charge in [-0.2, -0.15) is 0 Å². The molecule has 0 aromatic rings. The molecule has 1 amide bonds. The molecule has 1 aliphatic carbocycles. The SMILES string of the molecule is CN(CC(=O)N1CCC1)CC1CC(O)C1. The highest BCUT2D eigenvalue weighted by Gasteiger charge is 2.29. The van der Waals surface area contributed by atoms with Gasteiger partial charge in [-0.25, -0.2) is 0 Å². The average molecular weight is 212 g/mol. The van der Waals surface area contributed by atoms with E-state index in [9.17, 15) is 4.79 Å². The van der Waals surface area contributed by atoms with Crippen LogP contribution < -0.4 is 0 Å². The molecule has 1 heterocycles. The summed E-state index contributed by atoms with van der Waals surface area (Å²) in [6.45, 7) is 3.35. The van der Waals surface area contributed by atoms with Crippen molar-refractivity contribution in [3.05, 3.63) is 0 Å². The first-order valence-corrected chi connectivity index (χ1v) is 5.79. The maximum absolute atomic E-state index is 11.6. The quantitative estimate of drug-likeness (QED) is 0.709. The van der Waals surface area contributed by atoms with Crippen molar-refractivity contribution >= 4 is 5.91 Å². The number of hydrogen-bond donors (Lipinski definition) is 1. The number of rotatable bonds is 4. The molecule has 2 rings (SSSR count). The average Bonchev–Trinajstić information content (AvgIpc) is 1.97. The Morgan fingerprint density at radius 2 is 2.13 bits per heavy atom. The predicted octanol–water partition coefficient (Wildman–Crippen LogP) is -0.0786. The van der Waals surface area contributed by atoms with Gasteiger partial charge in [0.1, 0.15) is 0 Å². The molecule has 1 aliphatic heterocycles. The van der Waals surface area contributed by atoms with Gasteiger partial charge in [0.2, 0.25) is 5.91 Å². The molecule has 0 atom stereocenters. The van der Waals surface area contributed by atoms with Gasteiger partial charge >= 0.3 is 0 Å². The number of aliphatic hydroxyl groups is 1. The maximum atomic E-state index is 11.6. The third-order valence-electron chi connectivity index (χ3n) is 3.39. The Balaban J connectivity index is 1.63. The first-order valence-electron chi connectivity index (χ1n) is 5.79. The minimum atomic E-state index is -0.0884. The van der Waals surface area contributed by atoms with Crippen molar-refractivity contribution in [3.8, 4) is 0 Å². The Morgan fingerprint density at radius 1 is 1.47 bits per heavy atom. The van der Waals surface area contributed by atoms with E-state index in [1.165, 1.54) is 0 Å². The van der Waals surface area contributed by atoms with Gasteiger partial charge in [0.05, 0.1) is 12.6 Å². The van der Waals surface area contributed by atoms with Crippen molar-refractivity contribution in [1.29, 1.82) is 0 Å². The zero-order valence-electron chi connectivity index (χ0n) is 9.35. The number of carbonyl (C=O) groups excluding carboxylic acids is 1. The van der Waals surface area contributed by atoms with E-state index in [0.717, 1.165) is 38.9 Å². The zero-order valence-corrected chi connectivity index (χ0v) is 9.35. The summed E-state index contributed by atoms with van der Waals surface area (Å²) < 4.78 is 0. The molecule has 1 N–H and O–H groups in total. The van der Waals surface area contributed by atoms with E-state index in [1.807, 2.05) is 11.9 Å². The van der Waals surface area contributed by atoms with E-state index in [0.29, 0.717) is 12.5 Å². The molecular weight excluding hydrogens is 192 g/mol. The van der Waals surface area contributed by atoms with Crippen LogP contribution in [0.5, 0.6) is 0 Å². The molecule has 0 aromatic carbocycles. The smallest absolute Gasteiger partial charge is 0.236 e. The summed E-state index contributed by atoms with van der Waals surface area (Å²) in [5.41, 5.74) is 0. The summed E-state index contributed by atoms with van der Waals surface area (Å²) in [6, 6.07) is 0. The molecule has 86 valence electrons. The minimum absolute atomic E-state index is 0.0884. The van der Waals surface area contributed by atoms with Gasteiger partial charge in [-0.05, 0) is 32.2 Å². The van der Waals surface area contributed by atoms with Crippen LogP contribution in [0.1, 0.15) is 19.3 Å². The number of hydrogen-bond acceptors (Lipinski definition) is 3. The fourth-order valence-electron chi connectivity index (χ4n) is 2.25. The number of aliphatic hydroxyl groups excluding tert-OH is 1. The van der Waals surface area contributed by atoms with E-state index >= 15 is 0 Å². The molecule has 0 unspecified atom stereocenters. The summed E-state index contributed by atoms with van der Waals surface area (Å²) in [6.07, 6.45) is 2.88. The molecule has 15 heavy (non-hydrogen) atoms. The molecule has 2 aliphatic rings. The lowest BCUT2D eigenvalue weighted by atomic mass is 9.82. The topological polar surface area (TPSA) is 43.8 Å². The van der Waals surface area contributed by atoms with Gasteiger partial charge in [-0.15, -0.1) is 0 Å². The van der Waals surface area contributed by atoms with Crippen LogP contribution in [-0.4, -0.2) is 60.1 Å². The third kappa shape index (κ3) is 2.69. The molecule has 0 spiro atoms. The first kappa shape index (κ1) is 10.9. The minimum Gasteiger partial charge on any atom is -0.393 e. The maximum Gasteiger partial charge on any atom is 0.236 e. The Labute approximate surface area is 90.9 Å². The summed E-state index contributed by atoms with van der Waals surface area (Å²) >= 11 is 0. The second-order valence-electron chi connectivity index (χ2n) is 4.92. The fraction of sp³-hybridized carbons (Fsp3) is 0.909. The Kier molecular flexibility index (Phi) is 3.26. The van der Waals surface area contributed by atoms with E-state index in [2.05, 4.69) is 4.90 Å². The zero-order chi connectivity index (χ0) is 10.8. The monoisotopic (exact) mass is 212 g/mol. The number of likely N-dealkylation sites (N-methyl/N-ethyl adjacent to an activating group) is 1. The second kappa shape index (κ2) is 4.49. The van der Waals surface area contributed by atoms with Crippen LogP contribution >= 0.6 is 0 Å². The number of amides is 1. The molecule has 4 heteroatoms. The van der Waals surface area contributed by atoms with Crippen molar-refractivity contribution in [1.82, 2.24) is 9.80 Å². The van der Waals surface area contributed by atoms with Crippen LogP contribution in [0.25, 0.3) is 0 Å². The standard InChI is InChI=1S/C11H20N2O2/c1-12(7-9-5-10(14)6-9)8-11(15)13-3-2-4-13/h9-10,14H,2-8H2,1H3. The fourth-order valence-corrected chi connectivity index (χ4v) is 2.25. The summed E-state index contributed by atoms with van der Waals surface area (Å²) in [5, 5.41) is 9.15. The van der Waals surface area contributed by atoms with E-state index < -0.39 is 0 Å². The molecule has 2 fully saturated rings. The van der Waals surface area contributed by atoms with Gasteiger partial charge in [0.25, 0.3) is 0 Å². The van der Waals surface area contributed by atoms with E-state index in [1.54, 1.807) is 0 Å². The number of nitrogens with zero attached hydrogens (tertiary/aromatic N) is 2. The molecule has 0 aromatic heterocycles. The number of likely N-dealkylation sites (tertiary alicyclic amines) is 1. The number of carbonyl (C=O) groups is 1. The molecule has 1 saturated heterocycles. The van der Waals surface area contributed by atoms with Crippen LogP contribution in [0.4, 0.5) is 0 Å². The predicted molar refractivity (Wildman–Crippen MR) is 57.4 cm³/mol. The lowest BCUT2D eigenvalue weighted by Crippen LogP contribution is -2.47. The lowest BCUT2D eigenvalue weighted by Gasteiger charge is -2.36. The highest BCUT2D eigenvalue weighted by molar-refractivity contribution is 5.78. The second-order valence-corrected chi connectivity index (χ2v) is 4.92. The molecular formula is C11H20N2O2. The van der Waals surface area contributed by atoms with Crippen molar-refractivity contribution in [2.75, 3.05) is 33.2 Å². The lowest BCUT2D eigenvalue weighted by molar-refractivity contribution is -0.135. The van der Waals surface area contributed by atoms with Crippen molar-refractivity contribution < 1.29 is 9.90 Å². The molecule has 0 radical (unpaired) electrons. The van der Waals surface area contributed by atoms with Gasteiger partial charge in [0.15, 0.2) is 0 Å². The summed E-state index contributed by atoms with van der Waals surface area (Å²) in [5.74, 6) is 0.845. The Hall–Kier alpha value is -0.610. The molecule has 4 nitrogen and oxygen atoms in total. The first-order chi connectivity index (χ1) is 7.15. The van der Waals surface area contributed by atoms with Crippen molar-refractivity contribution in [3.63, 3.8) is 0 Å². The molecule has 1 saturated carbocycles. The highest BCUT2D eigenvalue weighted by atomic mass is 16.3. The van der Waals surface area contributed by atoms with Crippen molar-refractivity contribution in [2.24, 2.45) is 5.92 Å². The van der Waals surface area contributed by atoms with Crippen LogP contribution in [0.3, 0.4) is 0 Å². The van der Waals surface area contributed by atoms with Crippen LogP contribution in [0.2, 0.25) is 0 Å². The Bertz CT molecular complexity index is 235. The van der Waals surface area contributed by atoms with Gasteiger partial charge < -0.3 is 10.0 Å². The van der Waals surface area contributed by atoms with Gasteiger partial charge in [-0.3, -0.25) is 9.69 Å². The summed E-state index contributed by atoms with van der Waals surface area (Å²) in [4.78, 5) is 15.6. The largest absolute Gasteiger partial charge is 0.393 e. The van der Waals surface area contributed by atoms with E-state index in [4.69, 9.17) is 5.11 Å².